The number of carbonyl (C=O) groups excluding carboxylic acids is 2. The maximum atomic E-state index is 11.9. The number of hydrogen-bond acceptors (Lipinski definition) is 6. The van der Waals surface area contributed by atoms with Crippen molar-refractivity contribution in [1.29, 1.82) is 0 Å². The molecule has 10 nitrogen and oxygen atoms in total. The minimum atomic E-state index is -1.21. The van der Waals surface area contributed by atoms with Crippen LogP contribution < -0.4 is 5.32 Å². The molecule has 1 aromatic heterocycles. The Kier molecular flexibility index (Phi) is 4.62. The van der Waals surface area contributed by atoms with E-state index in [0.29, 0.717) is 10.9 Å². The molecule has 0 spiro atoms. The summed E-state index contributed by atoms with van der Waals surface area (Å²) in [5.74, 6) is -2.53. The molecular weight excluding hydrogens is 354 g/mol. The van der Waals surface area contributed by atoms with Crippen molar-refractivity contribution in [3.63, 3.8) is 0 Å². The minimum Gasteiger partial charge on any atom is -0.493 e. The second-order valence-corrected chi connectivity index (χ2v) is 5.52. The van der Waals surface area contributed by atoms with Crippen LogP contribution in [0, 0.1) is 10.1 Å². The lowest BCUT2D eigenvalue weighted by Crippen LogP contribution is -2.20. The van der Waals surface area contributed by atoms with Gasteiger partial charge in [-0.3, -0.25) is 19.7 Å². The quantitative estimate of drug-likeness (QED) is 0.317. The number of non-ortho nitro benzene ring substituents is 1. The van der Waals surface area contributed by atoms with Crippen LogP contribution in [0.5, 0.6) is 5.88 Å². The number of azo groups is 1. The van der Waals surface area contributed by atoms with Crippen molar-refractivity contribution in [1.82, 2.24) is 4.57 Å². The van der Waals surface area contributed by atoms with Crippen molar-refractivity contribution >= 4 is 39.8 Å². The molecule has 3 aromatic rings. The lowest BCUT2D eigenvalue weighted by atomic mass is 10.2. The molecule has 10 heteroatoms. The van der Waals surface area contributed by atoms with Crippen molar-refractivity contribution < 1.29 is 19.6 Å². The Morgan fingerprint density at radius 1 is 1.19 bits per heavy atom. The SMILES string of the molecule is Cn1c(O)c(N=NC(=O)C(=O)Nc2cccc([N+](=O)[O-])c2)c2ccccc21. The van der Waals surface area contributed by atoms with Gasteiger partial charge in [-0.2, -0.15) is 0 Å². The predicted molar refractivity (Wildman–Crippen MR) is 95.8 cm³/mol. The van der Waals surface area contributed by atoms with Crippen molar-refractivity contribution in [3.05, 3.63) is 58.6 Å². The van der Waals surface area contributed by atoms with Crippen molar-refractivity contribution in [2.75, 3.05) is 5.32 Å². The van der Waals surface area contributed by atoms with Crippen LogP contribution in [0.2, 0.25) is 0 Å². The van der Waals surface area contributed by atoms with Crippen LogP contribution >= 0.6 is 0 Å². The van der Waals surface area contributed by atoms with Crippen LogP contribution in [-0.2, 0) is 16.6 Å². The van der Waals surface area contributed by atoms with Gasteiger partial charge in [-0.25, -0.2) is 0 Å². The maximum absolute atomic E-state index is 11.9. The van der Waals surface area contributed by atoms with E-state index in [0.717, 1.165) is 6.07 Å². The molecule has 0 aliphatic carbocycles. The van der Waals surface area contributed by atoms with Gasteiger partial charge in [0.2, 0.25) is 5.88 Å². The van der Waals surface area contributed by atoms with Gasteiger partial charge in [-0.15, -0.1) is 10.2 Å². The molecule has 0 saturated heterocycles. The van der Waals surface area contributed by atoms with E-state index >= 15 is 0 Å². The summed E-state index contributed by atoms with van der Waals surface area (Å²) >= 11 is 0. The third kappa shape index (κ3) is 3.49. The molecule has 3 rings (SSSR count). The fourth-order valence-electron chi connectivity index (χ4n) is 2.48. The molecule has 0 atom stereocenters. The van der Waals surface area contributed by atoms with Gasteiger partial charge in [-0.1, -0.05) is 24.3 Å². The predicted octanol–water partition coefficient (Wildman–Crippen LogP) is 3.04. The highest BCUT2D eigenvalue weighted by Gasteiger charge is 2.17. The largest absolute Gasteiger partial charge is 0.493 e. The van der Waals surface area contributed by atoms with Crippen molar-refractivity contribution in [3.8, 4) is 5.88 Å². The number of nitrogens with one attached hydrogen (secondary N) is 1. The van der Waals surface area contributed by atoms with Gasteiger partial charge in [0.1, 0.15) is 0 Å². The molecule has 136 valence electrons. The molecule has 27 heavy (non-hydrogen) atoms. The zero-order valence-corrected chi connectivity index (χ0v) is 14.0. The first-order valence-corrected chi connectivity index (χ1v) is 7.66. The molecule has 2 amide bonds. The fraction of sp³-hybridized carbons (Fsp3) is 0.0588. The summed E-state index contributed by atoms with van der Waals surface area (Å²) in [6.45, 7) is 0. The normalized spacial score (nSPS) is 11.0. The zero-order chi connectivity index (χ0) is 19.6. The Balaban J connectivity index is 1.79. The van der Waals surface area contributed by atoms with Gasteiger partial charge in [0, 0.05) is 30.3 Å². The van der Waals surface area contributed by atoms with Crippen LogP contribution in [0.1, 0.15) is 0 Å². The molecule has 0 saturated carbocycles. The van der Waals surface area contributed by atoms with E-state index in [4.69, 9.17) is 0 Å². The molecule has 0 radical (unpaired) electrons. The second kappa shape index (κ2) is 7.04. The Hall–Kier alpha value is -4.08. The number of nitro benzene ring substituents is 1. The Morgan fingerprint density at radius 2 is 1.93 bits per heavy atom. The Morgan fingerprint density at radius 3 is 2.67 bits per heavy atom. The average molecular weight is 367 g/mol. The highest BCUT2D eigenvalue weighted by molar-refractivity contribution is 6.40. The number of hydrogen-bond donors (Lipinski definition) is 2. The number of carbonyl (C=O) groups is 2. The van der Waals surface area contributed by atoms with E-state index < -0.39 is 16.7 Å². The van der Waals surface area contributed by atoms with E-state index in [-0.39, 0.29) is 22.9 Å². The Bertz CT molecular complexity index is 1100. The maximum Gasteiger partial charge on any atom is 0.353 e. The summed E-state index contributed by atoms with van der Waals surface area (Å²) in [4.78, 5) is 33.9. The highest BCUT2D eigenvalue weighted by Crippen LogP contribution is 2.37. The number of benzene rings is 2. The second-order valence-electron chi connectivity index (χ2n) is 5.52. The van der Waals surface area contributed by atoms with Gasteiger partial charge in [0.15, 0.2) is 5.69 Å². The molecule has 2 N–H and O–H groups in total. The number of rotatable bonds is 3. The summed E-state index contributed by atoms with van der Waals surface area (Å²) in [7, 11) is 1.62. The summed E-state index contributed by atoms with van der Waals surface area (Å²) < 4.78 is 1.47. The number of aromatic nitrogens is 1. The molecule has 0 fully saturated rings. The summed E-state index contributed by atoms with van der Waals surface area (Å²) in [6, 6.07) is 12.1. The van der Waals surface area contributed by atoms with Crippen LogP contribution in [0.3, 0.4) is 0 Å². The fourth-order valence-corrected chi connectivity index (χ4v) is 2.48. The molecule has 2 aromatic carbocycles. The van der Waals surface area contributed by atoms with E-state index in [2.05, 4.69) is 15.5 Å². The molecule has 1 heterocycles. The number of aryl methyl sites for hydroxylation is 1. The lowest BCUT2D eigenvalue weighted by molar-refractivity contribution is -0.384. The number of aromatic hydroxyl groups is 1. The van der Waals surface area contributed by atoms with E-state index in [1.807, 2.05) is 0 Å². The third-order valence-corrected chi connectivity index (χ3v) is 3.80. The molecular formula is C17H13N5O5. The average Bonchev–Trinajstić information content (AvgIpc) is 2.91. The lowest BCUT2D eigenvalue weighted by Gasteiger charge is -2.01. The zero-order valence-electron chi connectivity index (χ0n) is 14.0. The topological polar surface area (TPSA) is 139 Å². The van der Waals surface area contributed by atoms with Crippen LogP contribution in [0.25, 0.3) is 10.9 Å². The number of para-hydroxylation sites is 1. The minimum absolute atomic E-state index is 0.0598. The van der Waals surface area contributed by atoms with Gasteiger partial charge in [0.25, 0.3) is 5.69 Å². The number of amides is 2. The first-order valence-electron chi connectivity index (χ1n) is 7.66. The number of nitro groups is 1. The molecule has 0 aliphatic heterocycles. The Labute approximate surface area is 151 Å². The standard InChI is InChI=1S/C17H13N5O5/c1-21-13-8-3-2-7-12(13)14(17(21)25)19-20-16(24)15(23)18-10-5-4-6-11(9-10)22(26)27/h2-9,25H,1H3,(H,18,23). The first kappa shape index (κ1) is 17.7. The summed E-state index contributed by atoms with van der Waals surface area (Å²) in [5, 5.41) is 30.7. The third-order valence-electron chi connectivity index (χ3n) is 3.80. The molecule has 0 bridgehead atoms. The highest BCUT2D eigenvalue weighted by atomic mass is 16.6. The van der Waals surface area contributed by atoms with Crippen LogP contribution in [0.15, 0.2) is 58.8 Å². The van der Waals surface area contributed by atoms with E-state index in [9.17, 15) is 24.8 Å². The number of anilines is 1. The molecule has 0 unspecified atom stereocenters. The van der Waals surface area contributed by atoms with Gasteiger partial charge < -0.3 is 15.0 Å². The van der Waals surface area contributed by atoms with Crippen molar-refractivity contribution in [2.24, 2.45) is 17.3 Å². The summed E-state index contributed by atoms with van der Waals surface area (Å²) in [5.41, 5.74) is 0.579. The van der Waals surface area contributed by atoms with Gasteiger partial charge in [-0.05, 0) is 12.1 Å². The molecule has 0 aliphatic rings. The monoisotopic (exact) mass is 367 g/mol. The number of fused-ring (bicyclic) bond motifs is 1. The smallest absolute Gasteiger partial charge is 0.353 e. The first-order chi connectivity index (χ1) is 12.9. The summed E-state index contributed by atoms with van der Waals surface area (Å²) in [6.07, 6.45) is 0. The number of nitrogens with zero attached hydrogens (tertiary/aromatic N) is 4. The van der Waals surface area contributed by atoms with E-state index in [1.54, 1.807) is 31.3 Å². The van der Waals surface area contributed by atoms with Crippen LogP contribution in [0.4, 0.5) is 17.1 Å². The van der Waals surface area contributed by atoms with E-state index in [1.165, 1.54) is 22.8 Å². The van der Waals surface area contributed by atoms with Crippen LogP contribution in [-0.4, -0.2) is 26.4 Å². The van der Waals surface area contributed by atoms with Gasteiger partial charge >= 0.3 is 11.8 Å². The van der Waals surface area contributed by atoms with Gasteiger partial charge in [0.05, 0.1) is 10.4 Å². The van der Waals surface area contributed by atoms with Crippen molar-refractivity contribution in [2.45, 2.75) is 0 Å².